The van der Waals surface area contributed by atoms with E-state index in [4.69, 9.17) is 10.5 Å². The standard InChI is InChI=1S/C12H17NO3/c1-15-8-9-3-5-10(6-4-9)11(13)7-12(14)16-2/h3-6,11H,7-8,13H2,1-2H3. The molecule has 0 saturated carbocycles. The van der Waals surface area contributed by atoms with E-state index >= 15 is 0 Å². The summed E-state index contributed by atoms with van der Waals surface area (Å²) in [6.07, 6.45) is 0.195. The summed E-state index contributed by atoms with van der Waals surface area (Å²) >= 11 is 0. The number of carbonyl (C=O) groups is 1. The van der Waals surface area contributed by atoms with Crippen LogP contribution in [0.25, 0.3) is 0 Å². The number of methoxy groups -OCH3 is 2. The highest BCUT2D eigenvalue weighted by molar-refractivity contribution is 5.70. The molecule has 0 bridgehead atoms. The maximum atomic E-state index is 11.0. The molecule has 2 N–H and O–H groups in total. The minimum absolute atomic E-state index is 0.195. The molecule has 0 spiro atoms. The van der Waals surface area contributed by atoms with Gasteiger partial charge in [-0.1, -0.05) is 24.3 Å². The number of hydrogen-bond acceptors (Lipinski definition) is 4. The first-order valence-corrected chi connectivity index (χ1v) is 5.07. The van der Waals surface area contributed by atoms with Gasteiger partial charge in [-0.2, -0.15) is 0 Å². The Kier molecular flexibility index (Phi) is 4.95. The third-order valence-corrected chi connectivity index (χ3v) is 2.33. The van der Waals surface area contributed by atoms with Gasteiger partial charge >= 0.3 is 5.97 Å². The Morgan fingerprint density at radius 2 is 1.94 bits per heavy atom. The minimum atomic E-state index is -0.316. The van der Waals surface area contributed by atoms with Crippen molar-refractivity contribution in [2.45, 2.75) is 19.1 Å². The van der Waals surface area contributed by atoms with Gasteiger partial charge < -0.3 is 15.2 Å². The highest BCUT2D eigenvalue weighted by atomic mass is 16.5. The molecule has 0 aliphatic rings. The molecule has 4 nitrogen and oxygen atoms in total. The highest BCUT2D eigenvalue weighted by Crippen LogP contribution is 2.15. The fourth-order valence-corrected chi connectivity index (χ4v) is 1.41. The summed E-state index contributed by atoms with van der Waals surface area (Å²) in [6, 6.07) is 7.37. The quantitative estimate of drug-likeness (QED) is 0.766. The first-order chi connectivity index (χ1) is 7.67. The topological polar surface area (TPSA) is 61.5 Å². The summed E-state index contributed by atoms with van der Waals surface area (Å²) in [5.41, 5.74) is 7.87. The number of benzene rings is 1. The SMILES string of the molecule is COCc1ccc(C(N)CC(=O)OC)cc1. The number of carbonyl (C=O) groups excluding carboxylic acids is 1. The Balaban J connectivity index is 2.62. The van der Waals surface area contributed by atoms with Crippen molar-refractivity contribution in [2.24, 2.45) is 5.73 Å². The van der Waals surface area contributed by atoms with Gasteiger partial charge in [-0.05, 0) is 11.1 Å². The third kappa shape index (κ3) is 3.64. The zero-order valence-electron chi connectivity index (χ0n) is 9.60. The van der Waals surface area contributed by atoms with Gasteiger partial charge in [-0.3, -0.25) is 4.79 Å². The summed E-state index contributed by atoms with van der Waals surface area (Å²) in [4.78, 5) is 11.0. The predicted molar refractivity (Wildman–Crippen MR) is 60.7 cm³/mol. The van der Waals surface area contributed by atoms with E-state index in [0.717, 1.165) is 11.1 Å². The second-order valence-electron chi connectivity index (χ2n) is 3.56. The van der Waals surface area contributed by atoms with Gasteiger partial charge in [0.25, 0.3) is 0 Å². The number of nitrogens with two attached hydrogens (primary N) is 1. The van der Waals surface area contributed by atoms with Crippen molar-refractivity contribution in [3.63, 3.8) is 0 Å². The van der Waals surface area contributed by atoms with Crippen molar-refractivity contribution in [1.29, 1.82) is 0 Å². The Morgan fingerprint density at radius 3 is 2.44 bits per heavy atom. The smallest absolute Gasteiger partial charge is 0.307 e. The maximum Gasteiger partial charge on any atom is 0.307 e. The molecule has 16 heavy (non-hydrogen) atoms. The van der Waals surface area contributed by atoms with E-state index in [1.807, 2.05) is 24.3 Å². The molecule has 1 atom stereocenters. The van der Waals surface area contributed by atoms with E-state index in [1.54, 1.807) is 7.11 Å². The van der Waals surface area contributed by atoms with Crippen LogP contribution in [0.15, 0.2) is 24.3 Å². The van der Waals surface area contributed by atoms with Crippen molar-refractivity contribution in [2.75, 3.05) is 14.2 Å². The van der Waals surface area contributed by atoms with Crippen LogP contribution in [0.1, 0.15) is 23.6 Å². The molecule has 1 rings (SSSR count). The lowest BCUT2D eigenvalue weighted by Crippen LogP contribution is -2.16. The summed E-state index contributed by atoms with van der Waals surface area (Å²) in [5.74, 6) is -0.298. The van der Waals surface area contributed by atoms with Crippen molar-refractivity contribution in [1.82, 2.24) is 0 Å². The van der Waals surface area contributed by atoms with Crippen LogP contribution >= 0.6 is 0 Å². The number of ether oxygens (including phenoxy) is 2. The third-order valence-electron chi connectivity index (χ3n) is 2.33. The first kappa shape index (κ1) is 12.7. The number of rotatable bonds is 5. The molecule has 0 heterocycles. The van der Waals surface area contributed by atoms with Crippen LogP contribution in [0.2, 0.25) is 0 Å². The highest BCUT2D eigenvalue weighted by Gasteiger charge is 2.11. The molecule has 1 unspecified atom stereocenters. The molecule has 0 aliphatic heterocycles. The molecule has 0 fully saturated rings. The summed E-state index contributed by atoms with van der Waals surface area (Å²) < 4.78 is 9.57. The molecule has 0 aromatic heterocycles. The van der Waals surface area contributed by atoms with Crippen LogP contribution in [0, 0.1) is 0 Å². The number of esters is 1. The van der Waals surface area contributed by atoms with Gasteiger partial charge in [0.05, 0.1) is 20.1 Å². The van der Waals surface area contributed by atoms with E-state index in [-0.39, 0.29) is 18.4 Å². The van der Waals surface area contributed by atoms with Gasteiger partial charge in [0.1, 0.15) is 0 Å². The van der Waals surface area contributed by atoms with Crippen LogP contribution in [0.3, 0.4) is 0 Å². The molecule has 0 radical (unpaired) electrons. The molecule has 88 valence electrons. The minimum Gasteiger partial charge on any atom is -0.469 e. The van der Waals surface area contributed by atoms with Crippen LogP contribution in [0.5, 0.6) is 0 Å². The van der Waals surface area contributed by atoms with E-state index in [1.165, 1.54) is 7.11 Å². The molecule has 1 aromatic carbocycles. The van der Waals surface area contributed by atoms with Crippen LogP contribution in [0.4, 0.5) is 0 Å². The summed E-state index contributed by atoms with van der Waals surface area (Å²) in [6.45, 7) is 0.576. The largest absolute Gasteiger partial charge is 0.469 e. The van der Waals surface area contributed by atoms with Gasteiger partial charge in [0, 0.05) is 13.2 Å². The van der Waals surface area contributed by atoms with Crippen molar-refractivity contribution in [3.05, 3.63) is 35.4 Å². The van der Waals surface area contributed by atoms with Gasteiger partial charge in [-0.25, -0.2) is 0 Å². The normalized spacial score (nSPS) is 12.2. The van der Waals surface area contributed by atoms with Crippen LogP contribution in [-0.4, -0.2) is 20.2 Å². The summed E-state index contributed by atoms with van der Waals surface area (Å²) in [5, 5.41) is 0. The van der Waals surface area contributed by atoms with Crippen molar-refractivity contribution < 1.29 is 14.3 Å². The zero-order valence-corrected chi connectivity index (χ0v) is 9.60. The lowest BCUT2D eigenvalue weighted by molar-refractivity contribution is -0.141. The molecular formula is C12H17NO3. The number of hydrogen-bond donors (Lipinski definition) is 1. The monoisotopic (exact) mass is 223 g/mol. The summed E-state index contributed by atoms with van der Waals surface area (Å²) in [7, 11) is 3.01. The second-order valence-corrected chi connectivity index (χ2v) is 3.56. The lowest BCUT2D eigenvalue weighted by atomic mass is 10.0. The fourth-order valence-electron chi connectivity index (χ4n) is 1.41. The van der Waals surface area contributed by atoms with Crippen molar-refractivity contribution in [3.8, 4) is 0 Å². The molecular weight excluding hydrogens is 206 g/mol. The Hall–Kier alpha value is -1.39. The molecule has 0 aliphatic carbocycles. The van der Waals surface area contributed by atoms with E-state index in [2.05, 4.69) is 4.74 Å². The predicted octanol–water partition coefficient (Wildman–Crippen LogP) is 1.40. The van der Waals surface area contributed by atoms with E-state index in [0.29, 0.717) is 6.61 Å². The lowest BCUT2D eigenvalue weighted by Gasteiger charge is -2.11. The average Bonchev–Trinajstić information content (AvgIpc) is 2.30. The van der Waals surface area contributed by atoms with Crippen LogP contribution < -0.4 is 5.73 Å². The van der Waals surface area contributed by atoms with Gasteiger partial charge in [0.15, 0.2) is 0 Å². The Labute approximate surface area is 95.3 Å². The second kappa shape index (κ2) is 6.25. The van der Waals surface area contributed by atoms with E-state index in [9.17, 15) is 4.79 Å². The molecule has 0 amide bonds. The molecule has 1 aromatic rings. The fraction of sp³-hybridized carbons (Fsp3) is 0.417. The first-order valence-electron chi connectivity index (χ1n) is 5.07. The molecule has 4 heteroatoms. The van der Waals surface area contributed by atoms with Gasteiger partial charge in [-0.15, -0.1) is 0 Å². The van der Waals surface area contributed by atoms with Crippen LogP contribution in [-0.2, 0) is 20.9 Å². The van der Waals surface area contributed by atoms with E-state index < -0.39 is 0 Å². The maximum absolute atomic E-state index is 11.0. The average molecular weight is 223 g/mol. The van der Waals surface area contributed by atoms with Gasteiger partial charge in [0.2, 0.25) is 0 Å². The Bertz CT molecular complexity index is 335. The van der Waals surface area contributed by atoms with Crippen molar-refractivity contribution >= 4 is 5.97 Å². The Morgan fingerprint density at radius 1 is 1.31 bits per heavy atom. The zero-order chi connectivity index (χ0) is 12.0. The molecule has 0 saturated heterocycles.